The summed E-state index contributed by atoms with van der Waals surface area (Å²) in [5, 5.41) is 8.69. The molecule has 0 bridgehead atoms. The molecule has 3 rings (SSSR count). The molecule has 2 saturated heterocycles. The van der Waals surface area contributed by atoms with Crippen molar-refractivity contribution in [2.45, 2.75) is 25.7 Å². The highest BCUT2D eigenvalue weighted by Crippen LogP contribution is 2.41. The average Bonchev–Trinajstić information content (AvgIpc) is 2.44. The van der Waals surface area contributed by atoms with Crippen molar-refractivity contribution < 1.29 is 14.6 Å². The molecule has 1 aromatic rings. The molecule has 0 radical (unpaired) electrons. The topological polar surface area (TPSA) is 49.8 Å². The summed E-state index contributed by atoms with van der Waals surface area (Å²) < 4.78 is 5.44. The summed E-state index contributed by atoms with van der Waals surface area (Å²) >= 11 is 0. The maximum atomic E-state index is 10.6. The van der Waals surface area contributed by atoms with Crippen molar-refractivity contribution in [1.82, 2.24) is 0 Å². The van der Waals surface area contributed by atoms with E-state index in [-0.39, 0.29) is 6.42 Å². The highest BCUT2D eigenvalue weighted by Gasteiger charge is 2.43. The fourth-order valence-corrected chi connectivity index (χ4v) is 3.19. The number of carbonyl (C=O) groups is 1. The number of carboxylic acids is 1. The molecule has 4 heteroatoms. The van der Waals surface area contributed by atoms with Crippen molar-refractivity contribution >= 4 is 11.7 Å². The Hall–Kier alpha value is -1.55. The summed E-state index contributed by atoms with van der Waals surface area (Å²) in [6.45, 7) is 4.07. The molecule has 0 saturated carbocycles. The van der Waals surface area contributed by atoms with E-state index >= 15 is 0 Å². The van der Waals surface area contributed by atoms with Gasteiger partial charge in [0.2, 0.25) is 0 Å². The van der Waals surface area contributed by atoms with Crippen molar-refractivity contribution in [1.29, 1.82) is 0 Å². The first kappa shape index (κ1) is 13.4. The molecule has 0 aromatic heterocycles. The van der Waals surface area contributed by atoms with E-state index in [1.165, 1.54) is 18.5 Å². The second kappa shape index (κ2) is 5.44. The lowest BCUT2D eigenvalue weighted by atomic mass is 9.73. The summed E-state index contributed by atoms with van der Waals surface area (Å²) in [5.41, 5.74) is 2.83. The van der Waals surface area contributed by atoms with Crippen LogP contribution in [0, 0.1) is 5.41 Å². The van der Waals surface area contributed by atoms with Crippen LogP contribution < -0.4 is 4.90 Å². The first-order valence-corrected chi connectivity index (χ1v) is 7.30. The van der Waals surface area contributed by atoms with E-state index in [9.17, 15) is 4.79 Å². The molecule has 0 atom stereocenters. The molecule has 0 aliphatic carbocycles. The molecule has 1 aromatic carbocycles. The summed E-state index contributed by atoms with van der Waals surface area (Å²) in [7, 11) is 0. The van der Waals surface area contributed by atoms with Crippen molar-refractivity contribution in [3.63, 3.8) is 0 Å². The third-order valence-corrected chi connectivity index (χ3v) is 4.54. The molecular formula is C16H21NO3. The number of aliphatic carboxylic acids is 1. The predicted octanol–water partition coefficient (Wildman–Crippen LogP) is 2.32. The van der Waals surface area contributed by atoms with E-state index < -0.39 is 5.97 Å². The molecule has 2 fully saturated rings. The van der Waals surface area contributed by atoms with Gasteiger partial charge in [-0.15, -0.1) is 0 Å². The van der Waals surface area contributed by atoms with Crippen LogP contribution >= 0.6 is 0 Å². The molecule has 2 heterocycles. The van der Waals surface area contributed by atoms with E-state index in [4.69, 9.17) is 9.84 Å². The van der Waals surface area contributed by atoms with Gasteiger partial charge >= 0.3 is 5.97 Å². The summed E-state index contributed by atoms with van der Waals surface area (Å²) in [5.74, 6) is -0.738. The first-order chi connectivity index (χ1) is 9.67. The van der Waals surface area contributed by atoms with E-state index in [1.54, 1.807) is 0 Å². The van der Waals surface area contributed by atoms with Gasteiger partial charge in [-0.05, 0) is 37.0 Å². The number of aryl methyl sites for hydroxylation is 1. The molecule has 108 valence electrons. The fourth-order valence-electron chi connectivity index (χ4n) is 3.19. The Kier molecular flexibility index (Phi) is 3.66. The van der Waals surface area contributed by atoms with Crippen LogP contribution in [0.1, 0.15) is 24.8 Å². The van der Waals surface area contributed by atoms with Crippen LogP contribution in [0.3, 0.4) is 0 Å². The maximum Gasteiger partial charge on any atom is 0.303 e. The van der Waals surface area contributed by atoms with Crippen molar-refractivity contribution in [2.75, 3.05) is 31.2 Å². The molecule has 2 aliphatic rings. The number of benzene rings is 1. The van der Waals surface area contributed by atoms with Crippen LogP contribution in [-0.4, -0.2) is 37.4 Å². The molecule has 2 aliphatic heterocycles. The predicted molar refractivity (Wildman–Crippen MR) is 77.1 cm³/mol. The van der Waals surface area contributed by atoms with Gasteiger partial charge in [0.25, 0.3) is 0 Å². The molecule has 0 unspecified atom stereocenters. The standard InChI is InChI=1S/C16H21NO3/c18-15(19)6-3-13-1-4-14(5-2-13)17-11-16(12-17)7-9-20-10-8-16/h1-2,4-5H,3,6-12H2,(H,18,19). The van der Waals surface area contributed by atoms with Crippen LogP contribution in [0.2, 0.25) is 0 Å². The van der Waals surface area contributed by atoms with Gasteiger partial charge in [0.1, 0.15) is 0 Å². The zero-order valence-corrected chi connectivity index (χ0v) is 11.7. The Balaban J connectivity index is 1.55. The first-order valence-electron chi connectivity index (χ1n) is 7.30. The number of ether oxygens (including phenoxy) is 1. The van der Waals surface area contributed by atoms with Crippen LogP contribution in [0.4, 0.5) is 5.69 Å². The highest BCUT2D eigenvalue weighted by atomic mass is 16.5. The summed E-state index contributed by atoms with van der Waals surface area (Å²) in [4.78, 5) is 13.0. The fraction of sp³-hybridized carbons (Fsp3) is 0.562. The minimum atomic E-state index is -0.738. The van der Waals surface area contributed by atoms with Gasteiger partial charge in [-0.25, -0.2) is 0 Å². The van der Waals surface area contributed by atoms with Gasteiger partial charge in [0.15, 0.2) is 0 Å². The summed E-state index contributed by atoms with van der Waals surface area (Å²) in [6, 6.07) is 8.33. The Morgan fingerprint density at radius 3 is 2.45 bits per heavy atom. The van der Waals surface area contributed by atoms with Crippen molar-refractivity contribution in [2.24, 2.45) is 5.41 Å². The van der Waals surface area contributed by atoms with Gasteiger partial charge in [-0.3, -0.25) is 4.79 Å². The largest absolute Gasteiger partial charge is 0.481 e. The lowest BCUT2D eigenvalue weighted by Gasteiger charge is -2.53. The number of carboxylic acid groups (broad SMARTS) is 1. The number of hydrogen-bond acceptors (Lipinski definition) is 3. The SMILES string of the molecule is O=C(O)CCc1ccc(N2CC3(CCOCC3)C2)cc1. The van der Waals surface area contributed by atoms with E-state index in [2.05, 4.69) is 17.0 Å². The number of nitrogens with zero attached hydrogens (tertiary/aromatic N) is 1. The average molecular weight is 275 g/mol. The second-order valence-corrected chi connectivity index (χ2v) is 6.03. The van der Waals surface area contributed by atoms with E-state index in [0.717, 1.165) is 31.9 Å². The van der Waals surface area contributed by atoms with Gasteiger partial charge < -0.3 is 14.7 Å². The molecule has 0 amide bonds. The third kappa shape index (κ3) is 2.80. The zero-order valence-electron chi connectivity index (χ0n) is 11.7. The van der Waals surface area contributed by atoms with E-state index in [0.29, 0.717) is 11.8 Å². The second-order valence-electron chi connectivity index (χ2n) is 6.03. The minimum absolute atomic E-state index is 0.201. The van der Waals surface area contributed by atoms with Crippen molar-refractivity contribution in [3.05, 3.63) is 29.8 Å². The normalized spacial score (nSPS) is 20.7. The smallest absolute Gasteiger partial charge is 0.303 e. The lowest BCUT2D eigenvalue weighted by Crippen LogP contribution is -2.58. The van der Waals surface area contributed by atoms with Gasteiger partial charge in [0.05, 0.1) is 0 Å². The van der Waals surface area contributed by atoms with Gasteiger partial charge in [-0.1, -0.05) is 12.1 Å². The number of rotatable bonds is 4. The molecule has 1 N–H and O–H groups in total. The Bertz CT molecular complexity index is 469. The third-order valence-electron chi connectivity index (χ3n) is 4.54. The van der Waals surface area contributed by atoms with Crippen LogP contribution in [0.25, 0.3) is 0 Å². The highest BCUT2D eigenvalue weighted by molar-refractivity contribution is 5.67. The lowest BCUT2D eigenvalue weighted by molar-refractivity contribution is -0.136. The molecule has 4 nitrogen and oxygen atoms in total. The number of hydrogen-bond donors (Lipinski definition) is 1. The van der Waals surface area contributed by atoms with Crippen LogP contribution in [0.15, 0.2) is 24.3 Å². The molecule has 1 spiro atoms. The number of anilines is 1. The Labute approximate surface area is 119 Å². The van der Waals surface area contributed by atoms with Crippen molar-refractivity contribution in [3.8, 4) is 0 Å². The molecular weight excluding hydrogens is 254 g/mol. The monoisotopic (exact) mass is 275 g/mol. The quantitative estimate of drug-likeness (QED) is 0.916. The van der Waals surface area contributed by atoms with Crippen LogP contribution in [-0.2, 0) is 16.0 Å². The Morgan fingerprint density at radius 2 is 1.85 bits per heavy atom. The summed E-state index contributed by atoms with van der Waals surface area (Å²) in [6.07, 6.45) is 3.17. The van der Waals surface area contributed by atoms with Gasteiger partial charge in [0, 0.05) is 43.8 Å². The van der Waals surface area contributed by atoms with Gasteiger partial charge in [-0.2, -0.15) is 0 Å². The minimum Gasteiger partial charge on any atom is -0.481 e. The van der Waals surface area contributed by atoms with E-state index in [1.807, 2.05) is 12.1 Å². The van der Waals surface area contributed by atoms with Crippen LogP contribution in [0.5, 0.6) is 0 Å². The Morgan fingerprint density at radius 1 is 1.20 bits per heavy atom. The maximum absolute atomic E-state index is 10.6. The molecule has 20 heavy (non-hydrogen) atoms. The zero-order chi connectivity index (χ0) is 14.0.